The van der Waals surface area contributed by atoms with E-state index in [0.717, 1.165) is 72.5 Å². The molecule has 7 aromatic carbocycles. The zero-order valence-corrected chi connectivity index (χ0v) is 39.1. The van der Waals surface area contributed by atoms with Crippen molar-refractivity contribution < 1.29 is 5.11 Å². The van der Waals surface area contributed by atoms with Crippen LogP contribution in [-0.4, -0.2) is 19.6 Å². The Hall–Kier alpha value is -7.04. The van der Waals surface area contributed by atoms with Crippen LogP contribution < -0.4 is 0 Å². The first-order valence-electron chi connectivity index (χ1n) is 23.7. The quantitative estimate of drug-likeness (QED) is 0.166. The maximum Gasteiger partial charge on any atom is 0.149 e. The van der Waals surface area contributed by atoms with Crippen molar-refractivity contribution in [3.05, 3.63) is 193 Å². The van der Waals surface area contributed by atoms with Gasteiger partial charge in [0.25, 0.3) is 0 Å². The lowest BCUT2D eigenvalue weighted by atomic mass is 9.84. The second kappa shape index (κ2) is 17.4. The highest BCUT2D eigenvalue weighted by atomic mass is 16.3. The molecule has 0 unspecified atom stereocenters. The van der Waals surface area contributed by atoms with Gasteiger partial charge in [0.05, 0.1) is 28.0 Å². The second-order valence-corrected chi connectivity index (χ2v) is 20.3. The number of benzene rings is 7. The molecule has 1 aliphatic rings. The van der Waals surface area contributed by atoms with Gasteiger partial charge in [0.15, 0.2) is 0 Å². The predicted molar refractivity (Wildman–Crippen MR) is 276 cm³/mol. The third kappa shape index (κ3) is 8.49. The fourth-order valence-corrected chi connectivity index (χ4v) is 9.86. The van der Waals surface area contributed by atoms with Crippen LogP contribution in [0.1, 0.15) is 96.3 Å². The van der Waals surface area contributed by atoms with E-state index in [1.165, 1.54) is 48.8 Å². The van der Waals surface area contributed by atoms with Gasteiger partial charge in [-0.25, -0.2) is 4.98 Å². The van der Waals surface area contributed by atoms with Crippen molar-refractivity contribution in [3.8, 4) is 78.6 Å². The highest BCUT2D eigenvalue weighted by Crippen LogP contribution is 2.44. The number of aromatic nitrogens is 3. The third-order valence-electron chi connectivity index (χ3n) is 13.7. The number of aromatic hydroxyl groups is 1. The van der Waals surface area contributed by atoms with Crippen LogP contribution in [0.5, 0.6) is 5.75 Å². The highest BCUT2D eigenvalue weighted by molar-refractivity contribution is 5.98. The number of imidazole rings is 1. The minimum absolute atomic E-state index is 0.0661. The summed E-state index contributed by atoms with van der Waals surface area (Å²) in [4.78, 5) is 10.6. The first kappa shape index (κ1) is 42.9. The molecule has 66 heavy (non-hydrogen) atoms. The van der Waals surface area contributed by atoms with E-state index in [2.05, 4.69) is 204 Å². The number of hydrogen-bond donors (Lipinski definition) is 1. The molecule has 4 nitrogen and oxygen atoms in total. The normalized spacial score (nSPS) is 13.6. The Bertz CT molecular complexity index is 3180. The summed E-state index contributed by atoms with van der Waals surface area (Å²) in [6.07, 6.45) is 8.55. The number of para-hydroxylation sites is 1. The van der Waals surface area contributed by atoms with Crippen LogP contribution in [0.2, 0.25) is 0 Å². The topological polar surface area (TPSA) is 50.9 Å². The minimum Gasteiger partial charge on any atom is -0.507 e. The molecule has 4 heteroatoms. The van der Waals surface area contributed by atoms with E-state index >= 15 is 0 Å². The van der Waals surface area contributed by atoms with E-state index in [1.807, 2.05) is 18.3 Å². The zero-order chi connectivity index (χ0) is 45.6. The summed E-state index contributed by atoms with van der Waals surface area (Å²) in [6, 6.07) is 60.9. The van der Waals surface area contributed by atoms with Gasteiger partial charge in [-0.1, -0.05) is 170 Å². The van der Waals surface area contributed by atoms with Gasteiger partial charge in [0, 0.05) is 22.9 Å². The van der Waals surface area contributed by atoms with Gasteiger partial charge in [0.2, 0.25) is 0 Å². The SMILES string of the molecule is CC(C)(C)c1ccc(O)c(-c2nc3c(-c4cc(-c5ccccc5)cc(-c5cc(-c6ccc(C7CCCCC7)cc6)ccn5)c4)cccc3n2-c2ccc(C(C)(C)C)cc2-c2ccccc2)c1. The van der Waals surface area contributed by atoms with Gasteiger partial charge in [-0.3, -0.25) is 9.55 Å². The molecule has 1 aliphatic carbocycles. The summed E-state index contributed by atoms with van der Waals surface area (Å²) in [6.45, 7) is 13.4. The maximum atomic E-state index is 11.8. The van der Waals surface area contributed by atoms with Crippen LogP contribution in [0.25, 0.3) is 83.9 Å². The molecule has 0 bridgehead atoms. The summed E-state index contributed by atoms with van der Waals surface area (Å²) in [7, 11) is 0. The molecule has 0 saturated heterocycles. The van der Waals surface area contributed by atoms with Crippen LogP contribution in [0, 0.1) is 0 Å². The Kier molecular flexibility index (Phi) is 11.3. The van der Waals surface area contributed by atoms with Crippen molar-refractivity contribution in [1.82, 2.24) is 14.5 Å². The molecule has 1 fully saturated rings. The van der Waals surface area contributed by atoms with E-state index < -0.39 is 0 Å². The van der Waals surface area contributed by atoms with Gasteiger partial charge in [0.1, 0.15) is 11.6 Å². The first-order valence-corrected chi connectivity index (χ1v) is 23.7. The summed E-state index contributed by atoms with van der Waals surface area (Å²) < 4.78 is 2.27. The summed E-state index contributed by atoms with van der Waals surface area (Å²) in [5, 5.41) is 11.8. The van der Waals surface area contributed by atoms with Crippen LogP contribution in [-0.2, 0) is 10.8 Å². The smallest absolute Gasteiger partial charge is 0.149 e. The zero-order valence-electron chi connectivity index (χ0n) is 39.1. The van der Waals surface area contributed by atoms with Crippen molar-refractivity contribution in [2.75, 3.05) is 0 Å². The molecular weight excluding hydrogens is 803 g/mol. The van der Waals surface area contributed by atoms with Gasteiger partial charge in [-0.05, 0) is 140 Å². The van der Waals surface area contributed by atoms with E-state index in [0.29, 0.717) is 17.3 Å². The van der Waals surface area contributed by atoms with Gasteiger partial charge < -0.3 is 5.11 Å². The molecule has 10 rings (SSSR count). The number of fused-ring (bicyclic) bond motifs is 1. The summed E-state index contributed by atoms with van der Waals surface area (Å²) >= 11 is 0. The standard InChI is InChI=1S/C62H59N3O/c1-61(2,3)50-29-31-56(53(39-50)45-21-14-9-15-22-45)65-57-24-16-23-52(59(57)64-60(65)54-40-51(62(4,5)6)30-32-58(54)66)48-35-47(42-19-12-8-13-20-42)36-49(37-48)55-38-46(33-34-63-55)44-27-25-43(26-28-44)41-17-10-7-11-18-41/h8-9,12-16,19-41,66H,7,10-11,17-18H2,1-6H3. The van der Waals surface area contributed by atoms with E-state index in [4.69, 9.17) is 9.97 Å². The van der Waals surface area contributed by atoms with Crippen molar-refractivity contribution >= 4 is 11.0 Å². The first-order chi connectivity index (χ1) is 31.9. The molecule has 0 spiro atoms. The Morgan fingerprint density at radius 3 is 1.80 bits per heavy atom. The number of hydrogen-bond acceptors (Lipinski definition) is 3. The average molecular weight is 862 g/mol. The maximum absolute atomic E-state index is 11.8. The third-order valence-corrected chi connectivity index (χ3v) is 13.7. The molecule has 0 aliphatic heterocycles. The van der Waals surface area contributed by atoms with Gasteiger partial charge in [-0.2, -0.15) is 0 Å². The van der Waals surface area contributed by atoms with Crippen molar-refractivity contribution in [2.45, 2.75) is 90.4 Å². The van der Waals surface area contributed by atoms with Gasteiger partial charge in [-0.15, -0.1) is 0 Å². The molecular formula is C62H59N3O. The van der Waals surface area contributed by atoms with Crippen LogP contribution in [0.15, 0.2) is 176 Å². The Labute approximate surface area is 390 Å². The number of phenolic OH excluding ortho intramolecular Hbond substituents is 1. The number of pyridine rings is 1. The number of nitrogens with zero attached hydrogens (tertiary/aromatic N) is 3. The monoisotopic (exact) mass is 861 g/mol. The number of rotatable bonds is 8. The van der Waals surface area contributed by atoms with Crippen LogP contribution in [0.4, 0.5) is 0 Å². The molecule has 2 heterocycles. The largest absolute Gasteiger partial charge is 0.507 e. The van der Waals surface area contributed by atoms with Crippen molar-refractivity contribution in [2.24, 2.45) is 0 Å². The minimum atomic E-state index is -0.147. The molecule has 1 N–H and O–H groups in total. The lowest BCUT2D eigenvalue weighted by Crippen LogP contribution is -2.12. The Balaban J connectivity index is 1.18. The second-order valence-electron chi connectivity index (χ2n) is 20.3. The predicted octanol–water partition coefficient (Wildman–Crippen LogP) is 16.8. The molecule has 328 valence electrons. The molecule has 1 saturated carbocycles. The fourth-order valence-electron chi connectivity index (χ4n) is 9.86. The van der Waals surface area contributed by atoms with Gasteiger partial charge >= 0.3 is 0 Å². The molecule has 0 amide bonds. The van der Waals surface area contributed by atoms with E-state index in [-0.39, 0.29) is 16.6 Å². The highest BCUT2D eigenvalue weighted by Gasteiger charge is 2.26. The summed E-state index contributed by atoms with van der Waals surface area (Å²) in [5.41, 5.74) is 17.9. The van der Waals surface area contributed by atoms with E-state index in [9.17, 15) is 5.11 Å². The Morgan fingerprint density at radius 2 is 1.11 bits per heavy atom. The lowest BCUT2D eigenvalue weighted by molar-refractivity contribution is 0.443. The average Bonchev–Trinajstić information content (AvgIpc) is 3.73. The number of phenols is 1. The molecule has 9 aromatic rings. The molecule has 0 radical (unpaired) electrons. The summed E-state index contributed by atoms with van der Waals surface area (Å²) in [5.74, 6) is 1.55. The molecule has 0 atom stereocenters. The molecule has 2 aromatic heterocycles. The van der Waals surface area contributed by atoms with Crippen molar-refractivity contribution in [3.63, 3.8) is 0 Å². The van der Waals surface area contributed by atoms with E-state index in [1.54, 1.807) is 0 Å². The lowest BCUT2D eigenvalue weighted by Gasteiger charge is -2.23. The van der Waals surface area contributed by atoms with Crippen LogP contribution in [0.3, 0.4) is 0 Å². The van der Waals surface area contributed by atoms with Crippen LogP contribution >= 0.6 is 0 Å². The van der Waals surface area contributed by atoms with Crippen molar-refractivity contribution in [1.29, 1.82) is 0 Å². The fraction of sp³-hybridized carbons (Fsp3) is 0.226. The Morgan fingerprint density at radius 1 is 0.485 bits per heavy atom.